The smallest absolute Gasteiger partial charge is 0.233 e. The van der Waals surface area contributed by atoms with Crippen molar-refractivity contribution in [1.82, 2.24) is 5.32 Å². The standard InChI is InChI=1S/C12H20BrNOS/c13-9-4-6-10(7-5-9)14-12(15)11-3-1-2-8-16-11/h9-11H,1-8H2,(H,14,15). The number of carbonyl (C=O) groups excluding carboxylic acids is 1. The Morgan fingerprint density at radius 3 is 2.50 bits per heavy atom. The van der Waals surface area contributed by atoms with E-state index < -0.39 is 0 Å². The van der Waals surface area contributed by atoms with Crippen LogP contribution in [0.25, 0.3) is 0 Å². The van der Waals surface area contributed by atoms with Crippen LogP contribution in [0.15, 0.2) is 0 Å². The van der Waals surface area contributed by atoms with E-state index in [9.17, 15) is 4.79 Å². The lowest BCUT2D eigenvalue weighted by Gasteiger charge is -2.28. The largest absolute Gasteiger partial charge is 0.352 e. The molecule has 0 spiro atoms. The fourth-order valence-electron chi connectivity index (χ4n) is 2.44. The lowest BCUT2D eigenvalue weighted by molar-refractivity contribution is -0.121. The van der Waals surface area contributed by atoms with Crippen molar-refractivity contribution in [3.63, 3.8) is 0 Å². The first-order valence-corrected chi connectivity index (χ1v) is 8.28. The monoisotopic (exact) mass is 305 g/mol. The molecule has 0 aromatic carbocycles. The molecule has 0 radical (unpaired) electrons. The maximum Gasteiger partial charge on any atom is 0.233 e. The van der Waals surface area contributed by atoms with Gasteiger partial charge in [0.25, 0.3) is 0 Å². The number of hydrogen-bond acceptors (Lipinski definition) is 2. The Labute approximate surface area is 110 Å². The summed E-state index contributed by atoms with van der Waals surface area (Å²) in [7, 11) is 0. The second-order valence-corrected chi connectivity index (χ2v) is 7.42. The highest BCUT2D eigenvalue weighted by molar-refractivity contribution is 9.09. The third-order valence-corrected chi connectivity index (χ3v) is 5.77. The molecule has 1 heterocycles. The summed E-state index contributed by atoms with van der Waals surface area (Å²) in [5, 5.41) is 3.46. The van der Waals surface area contributed by atoms with Crippen molar-refractivity contribution in [1.29, 1.82) is 0 Å². The molecule has 1 aliphatic heterocycles. The van der Waals surface area contributed by atoms with Crippen molar-refractivity contribution in [3.8, 4) is 0 Å². The van der Waals surface area contributed by atoms with E-state index in [1.165, 1.54) is 25.7 Å². The van der Waals surface area contributed by atoms with Crippen LogP contribution >= 0.6 is 27.7 Å². The van der Waals surface area contributed by atoms with Gasteiger partial charge < -0.3 is 5.32 Å². The second-order valence-electron chi connectivity index (χ2n) is 4.81. The zero-order valence-corrected chi connectivity index (χ0v) is 12.0. The number of nitrogens with one attached hydrogen (secondary N) is 1. The minimum Gasteiger partial charge on any atom is -0.352 e. The summed E-state index contributed by atoms with van der Waals surface area (Å²) in [4.78, 5) is 12.7. The molecular formula is C12H20BrNOS. The maximum absolute atomic E-state index is 12.0. The predicted octanol–water partition coefficient (Wildman–Crippen LogP) is 3.09. The van der Waals surface area contributed by atoms with E-state index in [4.69, 9.17) is 0 Å². The van der Waals surface area contributed by atoms with Gasteiger partial charge >= 0.3 is 0 Å². The van der Waals surface area contributed by atoms with Crippen LogP contribution in [0, 0.1) is 0 Å². The van der Waals surface area contributed by atoms with Crippen LogP contribution in [-0.2, 0) is 4.79 Å². The molecule has 0 aromatic heterocycles. The van der Waals surface area contributed by atoms with Gasteiger partial charge in [0, 0.05) is 10.9 Å². The van der Waals surface area contributed by atoms with Crippen molar-refractivity contribution in [2.75, 3.05) is 5.75 Å². The molecule has 0 aromatic rings. The number of halogens is 1. The first-order valence-electron chi connectivity index (χ1n) is 6.32. The van der Waals surface area contributed by atoms with Crippen LogP contribution < -0.4 is 5.32 Å². The molecule has 4 heteroatoms. The Bertz CT molecular complexity index is 235. The summed E-state index contributed by atoms with van der Waals surface area (Å²) in [6.45, 7) is 0. The van der Waals surface area contributed by atoms with Gasteiger partial charge in [0.1, 0.15) is 0 Å². The summed E-state index contributed by atoms with van der Waals surface area (Å²) < 4.78 is 0. The topological polar surface area (TPSA) is 29.1 Å². The Kier molecular flexibility index (Phi) is 5.01. The quantitative estimate of drug-likeness (QED) is 0.794. The van der Waals surface area contributed by atoms with E-state index in [2.05, 4.69) is 21.2 Å². The number of carbonyl (C=O) groups is 1. The minimum atomic E-state index is 0.232. The third-order valence-electron chi connectivity index (χ3n) is 3.48. The van der Waals surface area contributed by atoms with E-state index in [-0.39, 0.29) is 5.25 Å². The van der Waals surface area contributed by atoms with Gasteiger partial charge in [0.2, 0.25) is 5.91 Å². The summed E-state index contributed by atoms with van der Waals surface area (Å²) in [6, 6.07) is 0.434. The molecule has 0 bridgehead atoms. The normalized spacial score (nSPS) is 35.7. The van der Waals surface area contributed by atoms with E-state index >= 15 is 0 Å². The molecule has 16 heavy (non-hydrogen) atoms. The average Bonchev–Trinajstić information content (AvgIpc) is 2.33. The van der Waals surface area contributed by atoms with Crippen LogP contribution in [0.3, 0.4) is 0 Å². The highest BCUT2D eigenvalue weighted by Gasteiger charge is 2.26. The maximum atomic E-state index is 12.0. The highest BCUT2D eigenvalue weighted by Crippen LogP contribution is 2.27. The zero-order valence-electron chi connectivity index (χ0n) is 9.58. The summed E-state index contributed by atoms with van der Waals surface area (Å²) in [5.74, 6) is 1.45. The first-order chi connectivity index (χ1) is 7.75. The van der Waals surface area contributed by atoms with Crippen LogP contribution in [0.4, 0.5) is 0 Å². The molecule has 2 rings (SSSR count). The van der Waals surface area contributed by atoms with Gasteiger partial charge in [-0.2, -0.15) is 0 Å². The summed E-state index contributed by atoms with van der Waals surface area (Å²) >= 11 is 5.48. The molecule has 2 fully saturated rings. The molecule has 1 saturated carbocycles. The Morgan fingerprint density at radius 1 is 1.12 bits per heavy atom. The van der Waals surface area contributed by atoms with Gasteiger partial charge in [-0.05, 0) is 44.3 Å². The molecule has 1 N–H and O–H groups in total. The fourth-order valence-corrected chi connectivity index (χ4v) is 4.18. The molecule has 1 unspecified atom stereocenters. The summed E-state index contributed by atoms with van der Waals surface area (Å²) in [5.41, 5.74) is 0. The van der Waals surface area contributed by atoms with E-state index in [1.807, 2.05) is 11.8 Å². The molecule has 92 valence electrons. The van der Waals surface area contributed by atoms with E-state index in [1.54, 1.807) is 0 Å². The Balaban J connectivity index is 1.73. The number of hydrogen-bond donors (Lipinski definition) is 1. The second kappa shape index (κ2) is 6.29. The fraction of sp³-hybridized carbons (Fsp3) is 0.917. The van der Waals surface area contributed by atoms with Crippen LogP contribution in [0.1, 0.15) is 44.9 Å². The van der Waals surface area contributed by atoms with Crippen molar-refractivity contribution < 1.29 is 4.79 Å². The number of alkyl halides is 1. The van der Waals surface area contributed by atoms with Gasteiger partial charge in [-0.3, -0.25) is 4.79 Å². The minimum absolute atomic E-state index is 0.232. The zero-order chi connectivity index (χ0) is 11.4. The number of amides is 1. The molecule has 1 aliphatic carbocycles. The van der Waals surface area contributed by atoms with Crippen LogP contribution in [-0.4, -0.2) is 27.8 Å². The highest BCUT2D eigenvalue weighted by atomic mass is 79.9. The molecular weight excluding hydrogens is 286 g/mol. The first kappa shape index (κ1) is 12.7. The lowest BCUT2D eigenvalue weighted by atomic mass is 9.95. The Hall–Kier alpha value is 0.300. The van der Waals surface area contributed by atoms with E-state index in [0.29, 0.717) is 16.8 Å². The van der Waals surface area contributed by atoms with Crippen LogP contribution in [0.2, 0.25) is 0 Å². The van der Waals surface area contributed by atoms with Crippen molar-refractivity contribution in [2.24, 2.45) is 0 Å². The van der Waals surface area contributed by atoms with E-state index in [0.717, 1.165) is 25.0 Å². The lowest BCUT2D eigenvalue weighted by Crippen LogP contribution is -2.42. The number of thioether (sulfide) groups is 1. The number of rotatable bonds is 2. The van der Waals surface area contributed by atoms with Crippen molar-refractivity contribution >= 4 is 33.6 Å². The van der Waals surface area contributed by atoms with Gasteiger partial charge in [0.15, 0.2) is 0 Å². The van der Waals surface area contributed by atoms with Gasteiger partial charge in [-0.25, -0.2) is 0 Å². The molecule has 1 atom stereocenters. The molecule has 1 amide bonds. The van der Waals surface area contributed by atoms with Crippen molar-refractivity contribution in [3.05, 3.63) is 0 Å². The Morgan fingerprint density at radius 2 is 1.88 bits per heavy atom. The van der Waals surface area contributed by atoms with Crippen LogP contribution in [0.5, 0.6) is 0 Å². The molecule has 1 saturated heterocycles. The van der Waals surface area contributed by atoms with Gasteiger partial charge in [-0.1, -0.05) is 22.4 Å². The molecule has 2 aliphatic rings. The average molecular weight is 306 g/mol. The molecule has 2 nitrogen and oxygen atoms in total. The predicted molar refractivity (Wildman–Crippen MR) is 73.2 cm³/mol. The van der Waals surface area contributed by atoms with Gasteiger partial charge in [-0.15, -0.1) is 11.8 Å². The third kappa shape index (κ3) is 3.66. The van der Waals surface area contributed by atoms with Crippen molar-refractivity contribution in [2.45, 2.75) is 61.1 Å². The summed E-state index contributed by atoms with van der Waals surface area (Å²) in [6.07, 6.45) is 8.25. The van der Waals surface area contributed by atoms with Gasteiger partial charge in [0.05, 0.1) is 5.25 Å². The SMILES string of the molecule is O=C(NC1CCC(Br)CC1)C1CCCCS1.